The minimum absolute atomic E-state index is 0.101. The number of carbonyl (C=O) groups is 2. The van der Waals surface area contributed by atoms with E-state index in [0.717, 1.165) is 5.56 Å². The highest BCUT2D eigenvalue weighted by atomic mass is 35.5. The van der Waals surface area contributed by atoms with E-state index in [9.17, 15) is 9.59 Å². The van der Waals surface area contributed by atoms with E-state index in [0.29, 0.717) is 36.6 Å². The molecular weight excluding hydrogens is 294 g/mol. The number of benzene rings is 1. The minimum Gasteiger partial charge on any atom is -0.496 e. The van der Waals surface area contributed by atoms with Crippen molar-refractivity contribution in [3.63, 3.8) is 0 Å². The maximum atomic E-state index is 12.1. The molecule has 2 rings (SSSR count). The topological polar surface area (TPSA) is 75.6 Å². The van der Waals surface area contributed by atoms with Gasteiger partial charge in [0.15, 0.2) is 0 Å². The molecule has 1 aliphatic carbocycles. The maximum Gasteiger partial charge on any atom is 0.306 e. The first kappa shape index (κ1) is 15.6. The number of carbonyl (C=O) groups excluding carboxylic acids is 1. The summed E-state index contributed by atoms with van der Waals surface area (Å²) >= 11 is 5.88. The van der Waals surface area contributed by atoms with Crippen LogP contribution in [-0.2, 0) is 16.1 Å². The summed E-state index contributed by atoms with van der Waals surface area (Å²) in [5.41, 5.74) is 0.836. The number of halogens is 1. The van der Waals surface area contributed by atoms with Crippen LogP contribution in [0.3, 0.4) is 0 Å². The van der Waals surface area contributed by atoms with Crippen LogP contribution in [0.4, 0.5) is 0 Å². The van der Waals surface area contributed by atoms with E-state index in [1.54, 1.807) is 25.3 Å². The van der Waals surface area contributed by atoms with Gasteiger partial charge in [0, 0.05) is 23.0 Å². The van der Waals surface area contributed by atoms with Crippen LogP contribution in [0.5, 0.6) is 5.75 Å². The normalized spacial score (nSPS) is 21.0. The van der Waals surface area contributed by atoms with Gasteiger partial charge in [-0.05, 0) is 31.4 Å². The molecule has 1 aliphatic rings. The molecule has 2 atom stereocenters. The summed E-state index contributed by atoms with van der Waals surface area (Å²) in [5.74, 6) is -0.909. The average molecular weight is 312 g/mol. The lowest BCUT2D eigenvalue weighted by Gasteiger charge is -2.13. The third-order valence-electron chi connectivity index (χ3n) is 3.85. The molecule has 0 unspecified atom stereocenters. The van der Waals surface area contributed by atoms with Gasteiger partial charge in [-0.15, -0.1) is 0 Å². The first-order valence-electron chi connectivity index (χ1n) is 6.84. The van der Waals surface area contributed by atoms with Gasteiger partial charge in [0.25, 0.3) is 0 Å². The summed E-state index contributed by atoms with van der Waals surface area (Å²) in [6, 6.07) is 5.23. The molecule has 1 amide bonds. The molecule has 21 heavy (non-hydrogen) atoms. The Bertz CT molecular complexity index is 546. The van der Waals surface area contributed by atoms with E-state index >= 15 is 0 Å². The fraction of sp³-hybridized carbons (Fsp3) is 0.467. The number of nitrogens with one attached hydrogen (secondary N) is 1. The van der Waals surface area contributed by atoms with Crippen molar-refractivity contribution in [2.75, 3.05) is 7.11 Å². The quantitative estimate of drug-likeness (QED) is 0.876. The molecule has 5 nitrogen and oxygen atoms in total. The summed E-state index contributed by atoms with van der Waals surface area (Å²) in [5, 5.41) is 12.4. The van der Waals surface area contributed by atoms with Gasteiger partial charge < -0.3 is 15.2 Å². The Kier molecular flexibility index (Phi) is 5.07. The Labute approximate surface area is 128 Å². The summed E-state index contributed by atoms with van der Waals surface area (Å²) in [6.07, 6.45) is 1.61. The fourth-order valence-corrected chi connectivity index (χ4v) is 2.80. The third-order valence-corrected chi connectivity index (χ3v) is 4.09. The second kappa shape index (κ2) is 6.80. The number of hydrogen-bond acceptors (Lipinski definition) is 3. The smallest absolute Gasteiger partial charge is 0.306 e. The highest BCUT2D eigenvalue weighted by Crippen LogP contribution is 2.31. The van der Waals surface area contributed by atoms with Crippen LogP contribution in [0.1, 0.15) is 24.8 Å². The maximum absolute atomic E-state index is 12.1. The molecule has 2 N–H and O–H groups in total. The fourth-order valence-electron chi connectivity index (χ4n) is 2.64. The van der Waals surface area contributed by atoms with Crippen molar-refractivity contribution in [2.24, 2.45) is 11.8 Å². The number of ether oxygens (including phenoxy) is 1. The van der Waals surface area contributed by atoms with Crippen LogP contribution in [0.15, 0.2) is 18.2 Å². The molecule has 6 heteroatoms. The third kappa shape index (κ3) is 3.88. The Hall–Kier alpha value is -1.75. The highest BCUT2D eigenvalue weighted by molar-refractivity contribution is 6.30. The van der Waals surface area contributed by atoms with E-state index in [1.807, 2.05) is 0 Å². The van der Waals surface area contributed by atoms with Crippen molar-refractivity contribution in [1.82, 2.24) is 5.32 Å². The second-order valence-electron chi connectivity index (χ2n) is 5.22. The molecule has 0 aliphatic heterocycles. The zero-order valence-electron chi connectivity index (χ0n) is 11.8. The molecule has 1 aromatic rings. The van der Waals surface area contributed by atoms with Gasteiger partial charge in [-0.3, -0.25) is 9.59 Å². The van der Waals surface area contributed by atoms with Crippen molar-refractivity contribution in [1.29, 1.82) is 0 Å². The highest BCUT2D eigenvalue weighted by Gasteiger charge is 2.33. The zero-order valence-corrected chi connectivity index (χ0v) is 12.5. The zero-order chi connectivity index (χ0) is 15.4. The molecule has 0 spiro atoms. The van der Waals surface area contributed by atoms with Gasteiger partial charge in [-0.1, -0.05) is 17.7 Å². The Morgan fingerprint density at radius 2 is 2.10 bits per heavy atom. The number of methoxy groups -OCH3 is 1. The first-order valence-corrected chi connectivity index (χ1v) is 7.22. The van der Waals surface area contributed by atoms with E-state index < -0.39 is 11.9 Å². The number of amides is 1. The average Bonchev–Trinajstić information content (AvgIpc) is 2.95. The number of hydrogen-bond donors (Lipinski definition) is 2. The van der Waals surface area contributed by atoms with Gasteiger partial charge in [0.1, 0.15) is 5.75 Å². The van der Waals surface area contributed by atoms with Crippen molar-refractivity contribution in [3.8, 4) is 5.75 Å². The Morgan fingerprint density at radius 1 is 1.38 bits per heavy atom. The van der Waals surface area contributed by atoms with Crippen LogP contribution in [0, 0.1) is 11.8 Å². The molecule has 1 aromatic carbocycles. The minimum atomic E-state index is -0.815. The van der Waals surface area contributed by atoms with Gasteiger partial charge in [0.05, 0.1) is 13.0 Å². The molecule has 0 aromatic heterocycles. The molecule has 0 bridgehead atoms. The number of rotatable bonds is 5. The van der Waals surface area contributed by atoms with Crippen LogP contribution in [0.25, 0.3) is 0 Å². The number of carboxylic acid groups (broad SMARTS) is 1. The molecule has 0 heterocycles. The predicted octanol–water partition coefficient (Wildman–Crippen LogP) is 2.47. The number of aliphatic carboxylic acids is 1. The van der Waals surface area contributed by atoms with Crippen molar-refractivity contribution in [2.45, 2.75) is 25.8 Å². The van der Waals surface area contributed by atoms with E-state index in [4.69, 9.17) is 21.4 Å². The van der Waals surface area contributed by atoms with Gasteiger partial charge in [0.2, 0.25) is 5.91 Å². The Balaban J connectivity index is 1.91. The monoisotopic (exact) mass is 311 g/mol. The largest absolute Gasteiger partial charge is 0.496 e. The van der Waals surface area contributed by atoms with E-state index in [1.165, 1.54) is 0 Å². The lowest BCUT2D eigenvalue weighted by Crippen LogP contribution is -2.29. The molecule has 0 saturated heterocycles. The SMILES string of the molecule is COc1cc(Cl)ccc1CNC(=O)[C@@H]1CC[C@H](C(=O)O)C1. The van der Waals surface area contributed by atoms with Crippen LogP contribution >= 0.6 is 11.6 Å². The van der Waals surface area contributed by atoms with Gasteiger partial charge >= 0.3 is 5.97 Å². The first-order chi connectivity index (χ1) is 10.0. The summed E-state index contributed by atoms with van der Waals surface area (Å²) in [4.78, 5) is 23.0. The standard InChI is InChI=1S/C15H18ClNO4/c1-21-13-7-12(16)5-4-11(13)8-17-14(18)9-2-3-10(6-9)15(19)20/h4-5,7,9-10H,2-3,6,8H2,1H3,(H,17,18)(H,19,20)/t9-,10+/m1/s1. The van der Waals surface area contributed by atoms with Gasteiger partial charge in [-0.25, -0.2) is 0 Å². The van der Waals surface area contributed by atoms with E-state index in [2.05, 4.69) is 5.32 Å². The van der Waals surface area contributed by atoms with E-state index in [-0.39, 0.29) is 11.8 Å². The Morgan fingerprint density at radius 3 is 2.71 bits per heavy atom. The van der Waals surface area contributed by atoms with Crippen LogP contribution in [0.2, 0.25) is 5.02 Å². The summed E-state index contributed by atoms with van der Waals surface area (Å²) < 4.78 is 5.22. The molecule has 1 saturated carbocycles. The molecule has 114 valence electrons. The molecule has 1 fully saturated rings. The van der Waals surface area contributed by atoms with Gasteiger partial charge in [-0.2, -0.15) is 0 Å². The van der Waals surface area contributed by atoms with Crippen molar-refractivity contribution >= 4 is 23.5 Å². The lowest BCUT2D eigenvalue weighted by molar-refractivity contribution is -0.141. The van der Waals surface area contributed by atoms with Crippen LogP contribution in [-0.4, -0.2) is 24.1 Å². The number of carboxylic acids is 1. The lowest BCUT2D eigenvalue weighted by atomic mass is 10.0. The van der Waals surface area contributed by atoms with Crippen molar-refractivity contribution in [3.05, 3.63) is 28.8 Å². The van der Waals surface area contributed by atoms with Crippen molar-refractivity contribution < 1.29 is 19.4 Å². The molecular formula is C15H18ClNO4. The molecule has 0 radical (unpaired) electrons. The second-order valence-corrected chi connectivity index (χ2v) is 5.66. The predicted molar refractivity (Wildman–Crippen MR) is 78.3 cm³/mol. The summed E-state index contributed by atoms with van der Waals surface area (Å²) in [7, 11) is 1.55. The van der Waals surface area contributed by atoms with Crippen LogP contribution < -0.4 is 10.1 Å². The summed E-state index contributed by atoms with van der Waals surface area (Å²) in [6.45, 7) is 0.341.